The van der Waals surface area contributed by atoms with Crippen LogP contribution in [-0.4, -0.2) is 51.3 Å². The van der Waals surface area contributed by atoms with Crippen LogP contribution in [0.2, 0.25) is 0 Å². The van der Waals surface area contributed by atoms with Crippen LogP contribution in [0.15, 0.2) is 46.9 Å². The second kappa shape index (κ2) is 11.0. The van der Waals surface area contributed by atoms with Gasteiger partial charge in [-0.3, -0.25) is 9.59 Å². The third-order valence-corrected chi connectivity index (χ3v) is 7.54. The van der Waals surface area contributed by atoms with Gasteiger partial charge in [-0.1, -0.05) is 43.2 Å². The Morgan fingerprint density at radius 1 is 1.15 bits per heavy atom. The third-order valence-electron chi connectivity index (χ3n) is 5.72. The summed E-state index contributed by atoms with van der Waals surface area (Å²) < 4.78 is 2.27. The van der Waals surface area contributed by atoms with Crippen molar-refractivity contribution >= 4 is 40.6 Å². The van der Waals surface area contributed by atoms with E-state index < -0.39 is 0 Å². The van der Waals surface area contributed by atoms with Gasteiger partial charge in [0.2, 0.25) is 5.91 Å². The molecular weight excluding hydrogens is 454 g/mol. The number of thiophene rings is 1. The first-order chi connectivity index (χ1) is 16.0. The van der Waals surface area contributed by atoms with Crippen molar-refractivity contribution in [2.45, 2.75) is 49.7 Å². The smallest absolute Gasteiger partial charge is 0.253 e. The average molecular weight is 484 g/mol. The molecule has 1 fully saturated rings. The first-order valence-electron chi connectivity index (χ1n) is 11.2. The summed E-state index contributed by atoms with van der Waals surface area (Å²) in [6.07, 6.45) is 6.73. The zero-order valence-corrected chi connectivity index (χ0v) is 20.6. The third kappa shape index (κ3) is 6.03. The largest absolute Gasteiger partial charge is 0.345 e. The van der Waals surface area contributed by atoms with E-state index in [0.29, 0.717) is 17.3 Å². The minimum atomic E-state index is -0.132. The fourth-order valence-corrected chi connectivity index (χ4v) is 5.64. The van der Waals surface area contributed by atoms with Crippen LogP contribution >= 0.6 is 23.1 Å². The van der Waals surface area contributed by atoms with Crippen LogP contribution in [0.1, 0.15) is 59.2 Å². The number of carbonyl (C=O) groups is 2. The maximum Gasteiger partial charge on any atom is 0.253 e. The highest BCUT2D eigenvalue weighted by molar-refractivity contribution is 7.99. The number of amides is 2. The molecule has 0 bridgehead atoms. The molecule has 7 nitrogen and oxygen atoms in total. The maximum absolute atomic E-state index is 12.7. The predicted octanol–water partition coefficient (Wildman–Crippen LogP) is 4.87. The maximum atomic E-state index is 12.7. The molecule has 4 rings (SSSR count). The molecule has 174 valence electrons. The lowest BCUT2D eigenvalue weighted by Crippen LogP contribution is -2.22. The molecule has 0 atom stereocenters. The van der Waals surface area contributed by atoms with Crippen molar-refractivity contribution in [2.75, 3.05) is 25.2 Å². The van der Waals surface area contributed by atoms with E-state index in [1.54, 1.807) is 49.7 Å². The average Bonchev–Trinajstić information content (AvgIpc) is 3.48. The molecule has 1 saturated carbocycles. The van der Waals surface area contributed by atoms with E-state index >= 15 is 0 Å². The number of benzene rings is 1. The van der Waals surface area contributed by atoms with E-state index in [1.807, 2.05) is 0 Å². The van der Waals surface area contributed by atoms with E-state index in [9.17, 15) is 9.59 Å². The molecule has 9 heteroatoms. The number of nitrogens with zero attached hydrogens (tertiary/aromatic N) is 4. The molecule has 0 radical (unpaired) electrons. The number of nitrogens with one attached hydrogen (secondary N) is 1. The molecule has 1 aromatic carbocycles. The highest BCUT2D eigenvalue weighted by atomic mass is 32.2. The standard InChI is InChI=1S/C24H29N5O2S2/c1-28(2)23(31)17-8-6-9-18(14-17)25-22(30)16-33-24-27-26-21(15-20-12-7-13-32-20)29(24)19-10-4-3-5-11-19/h6-9,12-14,19H,3-5,10-11,15-16H2,1-2H3,(H,25,30). The second-order valence-electron chi connectivity index (χ2n) is 8.43. The molecule has 2 heterocycles. The Kier molecular flexibility index (Phi) is 7.82. The van der Waals surface area contributed by atoms with Crippen molar-refractivity contribution in [1.82, 2.24) is 19.7 Å². The lowest BCUT2D eigenvalue weighted by atomic mass is 9.95. The summed E-state index contributed by atoms with van der Waals surface area (Å²) in [5.41, 5.74) is 1.15. The van der Waals surface area contributed by atoms with Gasteiger partial charge in [0.05, 0.1) is 5.75 Å². The molecule has 0 unspecified atom stereocenters. The Balaban J connectivity index is 1.44. The monoisotopic (exact) mass is 483 g/mol. The summed E-state index contributed by atoms with van der Waals surface area (Å²) in [4.78, 5) is 27.6. The van der Waals surface area contributed by atoms with Gasteiger partial charge >= 0.3 is 0 Å². The number of carbonyl (C=O) groups excluding carboxylic acids is 2. The van der Waals surface area contributed by atoms with Crippen LogP contribution in [0.3, 0.4) is 0 Å². The van der Waals surface area contributed by atoms with Gasteiger partial charge in [0.1, 0.15) is 5.82 Å². The Hall–Kier alpha value is -2.65. The van der Waals surface area contributed by atoms with Gasteiger partial charge in [0.15, 0.2) is 5.16 Å². The van der Waals surface area contributed by atoms with Gasteiger partial charge in [-0.05, 0) is 42.5 Å². The Labute approximate surface area is 202 Å². The van der Waals surface area contributed by atoms with Crippen LogP contribution in [0, 0.1) is 0 Å². The van der Waals surface area contributed by atoms with Gasteiger partial charge in [-0.2, -0.15) is 0 Å². The number of aromatic nitrogens is 3. The Bertz CT molecular complexity index is 1090. The lowest BCUT2D eigenvalue weighted by Gasteiger charge is -2.25. The van der Waals surface area contributed by atoms with Crippen molar-refractivity contribution in [1.29, 1.82) is 0 Å². The summed E-state index contributed by atoms with van der Waals surface area (Å²) in [6, 6.07) is 11.6. The van der Waals surface area contributed by atoms with Crippen LogP contribution in [0.5, 0.6) is 0 Å². The highest BCUT2D eigenvalue weighted by Crippen LogP contribution is 2.33. The van der Waals surface area contributed by atoms with Crippen LogP contribution in [0.25, 0.3) is 0 Å². The van der Waals surface area contributed by atoms with Crippen molar-refractivity contribution in [3.63, 3.8) is 0 Å². The van der Waals surface area contributed by atoms with Crippen molar-refractivity contribution in [3.05, 3.63) is 58.0 Å². The number of hydrogen-bond donors (Lipinski definition) is 1. The van der Waals surface area contributed by atoms with Crippen molar-refractivity contribution in [2.24, 2.45) is 0 Å². The Morgan fingerprint density at radius 2 is 1.97 bits per heavy atom. The first kappa shape index (κ1) is 23.5. The van der Waals surface area contributed by atoms with Crippen LogP contribution in [-0.2, 0) is 11.2 Å². The molecule has 0 spiro atoms. The number of rotatable bonds is 8. The summed E-state index contributed by atoms with van der Waals surface area (Å²) in [6.45, 7) is 0. The Morgan fingerprint density at radius 3 is 2.70 bits per heavy atom. The molecular formula is C24H29N5O2S2. The van der Waals surface area contributed by atoms with Gasteiger partial charge < -0.3 is 14.8 Å². The van der Waals surface area contributed by atoms with Gasteiger partial charge in [0, 0.05) is 42.7 Å². The summed E-state index contributed by atoms with van der Waals surface area (Å²) in [7, 11) is 3.42. The van der Waals surface area contributed by atoms with Crippen LogP contribution < -0.4 is 5.32 Å². The van der Waals surface area contributed by atoms with E-state index in [0.717, 1.165) is 30.2 Å². The van der Waals surface area contributed by atoms with E-state index in [2.05, 4.69) is 37.6 Å². The highest BCUT2D eigenvalue weighted by Gasteiger charge is 2.24. The first-order valence-corrected chi connectivity index (χ1v) is 13.1. The minimum absolute atomic E-state index is 0.0978. The minimum Gasteiger partial charge on any atom is -0.345 e. The van der Waals surface area contributed by atoms with Gasteiger partial charge in [-0.25, -0.2) is 0 Å². The second-order valence-corrected chi connectivity index (χ2v) is 10.4. The fourth-order valence-electron chi connectivity index (χ4n) is 4.12. The SMILES string of the molecule is CN(C)C(=O)c1cccc(NC(=O)CSc2nnc(Cc3cccs3)n2C2CCCCC2)c1. The predicted molar refractivity (Wildman–Crippen MR) is 133 cm³/mol. The molecule has 1 N–H and O–H groups in total. The molecule has 33 heavy (non-hydrogen) atoms. The topological polar surface area (TPSA) is 80.1 Å². The molecule has 0 saturated heterocycles. The van der Waals surface area contributed by atoms with Crippen LogP contribution in [0.4, 0.5) is 5.69 Å². The molecule has 2 aromatic heterocycles. The van der Waals surface area contributed by atoms with Gasteiger partial charge in [-0.15, -0.1) is 21.5 Å². The van der Waals surface area contributed by atoms with Crippen molar-refractivity contribution < 1.29 is 9.59 Å². The molecule has 3 aromatic rings. The van der Waals surface area contributed by atoms with E-state index in [-0.39, 0.29) is 17.6 Å². The number of anilines is 1. The van der Waals surface area contributed by atoms with E-state index in [1.165, 1.54) is 40.8 Å². The van der Waals surface area contributed by atoms with Gasteiger partial charge in [0.25, 0.3) is 5.91 Å². The fraction of sp³-hybridized carbons (Fsp3) is 0.417. The zero-order chi connectivity index (χ0) is 23.2. The summed E-state index contributed by atoms with van der Waals surface area (Å²) in [5, 5.41) is 14.7. The summed E-state index contributed by atoms with van der Waals surface area (Å²) >= 11 is 3.15. The number of hydrogen-bond acceptors (Lipinski definition) is 6. The zero-order valence-electron chi connectivity index (χ0n) is 19.0. The summed E-state index contributed by atoms with van der Waals surface area (Å²) in [5.74, 6) is 0.976. The quantitative estimate of drug-likeness (QED) is 0.463. The normalized spacial score (nSPS) is 14.2. The molecule has 1 aliphatic rings. The molecule has 1 aliphatic carbocycles. The lowest BCUT2D eigenvalue weighted by molar-refractivity contribution is -0.113. The number of thioether (sulfide) groups is 1. The van der Waals surface area contributed by atoms with E-state index in [4.69, 9.17) is 0 Å². The molecule has 0 aliphatic heterocycles. The van der Waals surface area contributed by atoms with Crippen molar-refractivity contribution in [3.8, 4) is 0 Å². The molecule has 2 amide bonds.